The van der Waals surface area contributed by atoms with Crippen LogP contribution in [-0.2, 0) is 19.6 Å². The summed E-state index contributed by atoms with van der Waals surface area (Å²) in [5, 5.41) is 7.56. The molecule has 0 radical (unpaired) electrons. The molecule has 130 valence electrons. The second kappa shape index (κ2) is 6.71. The maximum absolute atomic E-state index is 12.7. The molecule has 0 unspecified atom stereocenters. The van der Waals surface area contributed by atoms with Gasteiger partial charge in [-0.05, 0) is 24.0 Å². The molecule has 0 saturated carbocycles. The number of rotatable bonds is 4. The fraction of sp³-hybridized carbons (Fsp3) is 0.556. The number of hydrogen-bond donors (Lipinski definition) is 1. The molecule has 0 saturated heterocycles. The Labute approximate surface area is 143 Å². The third-order valence-corrected chi connectivity index (χ3v) is 4.38. The lowest BCUT2D eigenvalue weighted by molar-refractivity contribution is 0.197. The van der Waals surface area contributed by atoms with Gasteiger partial charge < -0.3 is 14.8 Å². The lowest BCUT2D eigenvalue weighted by Gasteiger charge is -2.28. The summed E-state index contributed by atoms with van der Waals surface area (Å²) in [6.07, 6.45) is 3.85. The third-order valence-electron chi connectivity index (χ3n) is 4.38. The molecule has 2 amide bonds. The average molecular weight is 329 g/mol. The summed E-state index contributed by atoms with van der Waals surface area (Å²) in [5.74, 6) is 0.820. The molecule has 24 heavy (non-hydrogen) atoms. The van der Waals surface area contributed by atoms with Gasteiger partial charge in [-0.1, -0.05) is 27.7 Å². The quantitative estimate of drug-likeness (QED) is 0.933. The maximum Gasteiger partial charge on any atom is 0.322 e. The van der Waals surface area contributed by atoms with Crippen LogP contribution in [0.3, 0.4) is 0 Å². The van der Waals surface area contributed by atoms with Gasteiger partial charge in [-0.15, -0.1) is 0 Å². The van der Waals surface area contributed by atoms with Gasteiger partial charge >= 0.3 is 6.03 Å². The van der Waals surface area contributed by atoms with E-state index in [1.54, 1.807) is 6.20 Å². The van der Waals surface area contributed by atoms with Gasteiger partial charge in [0, 0.05) is 31.5 Å². The molecule has 0 bridgehead atoms. The summed E-state index contributed by atoms with van der Waals surface area (Å²) >= 11 is 0. The number of hydrogen-bond acceptors (Lipinski definition) is 2. The molecule has 2 aromatic heterocycles. The van der Waals surface area contributed by atoms with Crippen molar-refractivity contribution in [3.05, 3.63) is 35.9 Å². The number of anilines is 1. The van der Waals surface area contributed by atoms with Crippen molar-refractivity contribution in [2.75, 3.05) is 11.9 Å². The molecule has 1 N–H and O–H groups in total. The minimum atomic E-state index is -0.0477. The van der Waals surface area contributed by atoms with Crippen LogP contribution in [0.4, 0.5) is 10.5 Å². The molecule has 0 spiro atoms. The molecule has 3 rings (SSSR count). The van der Waals surface area contributed by atoms with Gasteiger partial charge in [-0.2, -0.15) is 5.10 Å². The summed E-state index contributed by atoms with van der Waals surface area (Å²) in [6, 6.07) is 4.05. The molecule has 0 fully saturated rings. The van der Waals surface area contributed by atoms with Gasteiger partial charge in [0.25, 0.3) is 0 Å². The highest BCUT2D eigenvalue weighted by Crippen LogP contribution is 2.25. The first-order valence-corrected chi connectivity index (χ1v) is 8.71. The van der Waals surface area contributed by atoms with Gasteiger partial charge in [0.1, 0.15) is 0 Å². The van der Waals surface area contributed by atoms with Crippen molar-refractivity contribution in [3.8, 4) is 0 Å². The van der Waals surface area contributed by atoms with Crippen LogP contribution in [0.15, 0.2) is 24.5 Å². The smallest absolute Gasteiger partial charge is 0.322 e. The van der Waals surface area contributed by atoms with Crippen LogP contribution in [0, 0.1) is 5.92 Å². The van der Waals surface area contributed by atoms with E-state index in [9.17, 15) is 4.79 Å². The molecule has 6 heteroatoms. The number of nitrogens with one attached hydrogen (secondary N) is 1. The molecule has 0 atom stereocenters. The Morgan fingerprint density at radius 1 is 1.29 bits per heavy atom. The first-order chi connectivity index (χ1) is 11.5. The zero-order chi connectivity index (χ0) is 17.3. The summed E-state index contributed by atoms with van der Waals surface area (Å²) in [6.45, 7) is 11.7. The van der Waals surface area contributed by atoms with Crippen molar-refractivity contribution < 1.29 is 4.79 Å². The zero-order valence-corrected chi connectivity index (χ0v) is 15.0. The highest BCUT2D eigenvalue weighted by Gasteiger charge is 2.23. The number of nitrogens with zero attached hydrogens (tertiary/aromatic N) is 4. The number of amides is 2. The summed E-state index contributed by atoms with van der Waals surface area (Å²) in [5.41, 5.74) is 3.10. The number of aromatic nitrogens is 3. The summed E-state index contributed by atoms with van der Waals surface area (Å²) in [4.78, 5) is 14.5. The molecule has 0 aliphatic carbocycles. The van der Waals surface area contributed by atoms with E-state index >= 15 is 0 Å². The van der Waals surface area contributed by atoms with Crippen molar-refractivity contribution in [2.24, 2.45) is 5.92 Å². The molecule has 1 aliphatic rings. The highest BCUT2D eigenvalue weighted by molar-refractivity contribution is 5.90. The maximum atomic E-state index is 12.7. The average Bonchev–Trinajstić information content (AvgIpc) is 3.12. The normalized spacial score (nSPS) is 14.3. The minimum absolute atomic E-state index is 0.0477. The predicted octanol–water partition coefficient (Wildman–Crippen LogP) is 3.51. The van der Waals surface area contributed by atoms with Crippen LogP contribution in [0.1, 0.15) is 45.0 Å². The van der Waals surface area contributed by atoms with Crippen LogP contribution >= 0.6 is 0 Å². The van der Waals surface area contributed by atoms with Gasteiger partial charge in [0.15, 0.2) is 0 Å². The summed E-state index contributed by atoms with van der Waals surface area (Å²) < 4.78 is 4.22. The Kier molecular flexibility index (Phi) is 4.64. The number of carbonyl (C=O) groups excluding carboxylic acids is 1. The van der Waals surface area contributed by atoms with E-state index in [-0.39, 0.29) is 6.03 Å². The van der Waals surface area contributed by atoms with E-state index in [0.29, 0.717) is 18.4 Å². The van der Waals surface area contributed by atoms with Crippen LogP contribution < -0.4 is 5.32 Å². The second-order valence-corrected chi connectivity index (χ2v) is 7.22. The largest absolute Gasteiger partial charge is 0.348 e. The van der Waals surface area contributed by atoms with Gasteiger partial charge in [-0.3, -0.25) is 4.68 Å². The van der Waals surface area contributed by atoms with Crippen molar-refractivity contribution in [2.45, 2.75) is 53.2 Å². The monoisotopic (exact) mass is 329 g/mol. The Hall–Kier alpha value is -2.24. The Balaban J connectivity index is 1.74. The van der Waals surface area contributed by atoms with Crippen LogP contribution in [0.25, 0.3) is 0 Å². The third kappa shape index (κ3) is 3.32. The van der Waals surface area contributed by atoms with Crippen molar-refractivity contribution in [3.63, 3.8) is 0 Å². The Bertz CT molecular complexity index is 713. The molecular weight excluding hydrogens is 302 g/mol. The van der Waals surface area contributed by atoms with Crippen LogP contribution in [0.2, 0.25) is 0 Å². The first-order valence-electron chi connectivity index (χ1n) is 8.71. The fourth-order valence-electron chi connectivity index (χ4n) is 3.27. The van der Waals surface area contributed by atoms with Crippen molar-refractivity contribution in [1.82, 2.24) is 19.2 Å². The molecule has 1 aliphatic heterocycles. The highest BCUT2D eigenvalue weighted by atomic mass is 16.2. The first kappa shape index (κ1) is 16.6. The Morgan fingerprint density at radius 3 is 2.79 bits per heavy atom. The minimum Gasteiger partial charge on any atom is -0.348 e. The van der Waals surface area contributed by atoms with Gasteiger partial charge in [0.05, 0.1) is 24.1 Å². The van der Waals surface area contributed by atoms with E-state index in [1.807, 2.05) is 15.6 Å². The lowest BCUT2D eigenvalue weighted by Crippen LogP contribution is -2.40. The van der Waals surface area contributed by atoms with E-state index in [0.717, 1.165) is 31.0 Å². The molecule has 3 heterocycles. The van der Waals surface area contributed by atoms with Gasteiger partial charge in [-0.25, -0.2) is 4.79 Å². The number of carbonyl (C=O) groups is 1. The SMILES string of the molecule is CC(C)Cn1ncc(NC(=O)N2CCn3cccc3C2)c1C(C)C. The topological polar surface area (TPSA) is 55.1 Å². The molecule has 2 aromatic rings. The van der Waals surface area contributed by atoms with Crippen molar-refractivity contribution >= 4 is 11.7 Å². The van der Waals surface area contributed by atoms with Crippen molar-refractivity contribution in [1.29, 1.82) is 0 Å². The second-order valence-electron chi connectivity index (χ2n) is 7.22. The standard InChI is InChI=1S/C18H27N5O/c1-13(2)11-23-17(14(3)4)16(10-19-23)20-18(24)22-9-8-21-7-5-6-15(21)12-22/h5-7,10,13-14H,8-9,11-12H2,1-4H3,(H,20,24). The van der Waals surface area contributed by atoms with Crippen LogP contribution in [0.5, 0.6) is 0 Å². The van der Waals surface area contributed by atoms with Gasteiger partial charge in [0.2, 0.25) is 0 Å². The van der Waals surface area contributed by atoms with E-state index < -0.39 is 0 Å². The van der Waals surface area contributed by atoms with E-state index in [2.05, 4.69) is 54.9 Å². The summed E-state index contributed by atoms with van der Waals surface area (Å²) in [7, 11) is 0. The zero-order valence-electron chi connectivity index (χ0n) is 15.0. The molecule has 6 nitrogen and oxygen atoms in total. The molecule has 0 aromatic carbocycles. The lowest BCUT2D eigenvalue weighted by atomic mass is 10.1. The molecular formula is C18H27N5O. The number of fused-ring (bicyclic) bond motifs is 1. The Morgan fingerprint density at radius 2 is 2.08 bits per heavy atom. The number of urea groups is 1. The fourth-order valence-corrected chi connectivity index (χ4v) is 3.27. The predicted molar refractivity (Wildman–Crippen MR) is 95.0 cm³/mol. The van der Waals surface area contributed by atoms with E-state index in [4.69, 9.17) is 0 Å². The van der Waals surface area contributed by atoms with E-state index in [1.165, 1.54) is 5.69 Å². The van der Waals surface area contributed by atoms with Crippen LogP contribution in [-0.4, -0.2) is 31.8 Å².